The van der Waals surface area contributed by atoms with Crippen LogP contribution >= 0.6 is 23.4 Å². The molecule has 29 heavy (non-hydrogen) atoms. The molecule has 0 radical (unpaired) electrons. The fraction of sp³-hybridized carbons (Fsp3) is 0.273. The van der Waals surface area contributed by atoms with Gasteiger partial charge in [0.15, 0.2) is 16.7 Å². The van der Waals surface area contributed by atoms with Gasteiger partial charge in [-0.2, -0.15) is 0 Å². The van der Waals surface area contributed by atoms with Gasteiger partial charge < -0.3 is 9.47 Å². The zero-order valence-electron chi connectivity index (χ0n) is 17.1. The summed E-state index contributed by atoms with van der Waals surface area (Å²) in [5, 5.41) is 1.14. The van der Waals surface area contributed by atoms with Crippen LogP contribution in [0.3, 0.4) is 0 Å². The van der Waals surface area contributed by atoms with Crippen LogP contribution < -0.4 is 9.47 Å². The first-order valence-corrected chi connectivity index (χ1v) is 10.4. The van der Waals surface area contributed by atoms with E-state index in [1.54, 1.807) is 37.3 Å². The van der Waals surface area contributed by atoms with E-state index in [0.717, 1.165) is 16.8 Å². The fourth-order valence-electron chi connectivity index (χ4n) is 3.07. The van der Waals surface area contributed by atoms with Gasteiger partial charge in [-0.3, -0.25) is 9.69 Å². The van der Waals surface area contributed by atoms with Crippen LogP contribution in [0.5, 0.6) is 11.5 Å². The molecule has 0 saturated carbocycles. The molecule has 2 aromatic carbocycles. The topological polar surface area (TPSA) is 51.1 Å². The molecule has 1 saturated heterocycles. The van der Waals surface area contributed by atoms with Crippen molar-refractivity contribution in [2.45, 2.75) is 20.8 Å². The molecule has 0 bridgehead atoms. The number of amidine groups is 1. The third kappa shape index (κ3) is 4.28. The lowest BCUT2D eigenvalue weighted by molar-refractivity contribution is -0.122. The molecular weight excluding hydrogens is 408 g/mol. The Bertz CT molecular complexity index is 997. The lowest BCUT2D eigenvalue weighted by Crippen LogP contribution is -2.28. The van der Waals surface area contributed by atoms with Gasteiger partial charge in [-0.25, -0.2) is 4.99 Å². The highest BCUT2D eigenvalue weighted by Crippen LogP contribution is 2.39. The standard InChI is InChI=1S/C22H23ClN2O3S/c1-6-25-21(26)19(11-15-10-17(27-4)18(28-5)12-16(15)23)29-22(25)24-20-13(2)8-7-9-14(20)3/h7-12H,6H2,1-5H3/b19-11+,24-22?. The van der Waals surface area contributed by atoms with Crippen molar-refractivity contribution in [3.8, 4) is 11.5 Å². The van der Waals surface area contributed by atoms with E-state index in [9.17, 15) is 4.79 Å². The minimum absolute atomic E-state index is 0.0895. The van der Waals surface area contributed by atoms with Crippen LogP contribution in [0.15, 0.2) is 40.2 Å². The molecule has 0 atom stereocenters. The number of ether oxygens (including phenoxy) is 2. The van der Waals surface area contributed by atoms with Crippen LogP contribution in [0.4, 0.5) is 5.69 Å². The summed E-state index contributed by atoms with van der Waals surface area (Å²) in [5.41, 5.74) is 3.72. The van der Waals surface area contributed by atoms with E-state index in [1.165, 1.54) is 11.8 Å². The molecule has 7 heteroatoms. The number of carbonyl (C=O) groups is 1. The Labute approximate surface area is 180 Å². The number of hydrogen-bond donors (Lipinski definition) is 0. The van der Waals surface area contributed by atoms with Crippen LogP contribution in [-0.4, -0.2) is 36.7 Å². The number of methoxy groups -OCH3 is 2. The van der Waals surface area contributed by atoms with Crippen molar-refractivity contribution < 1.29 is 14.3 Å². The van der Waals surface area contributed by atoms with Gasteiger partial charge in [-0.05, 0) is 61.4 Å². The highest BCUT2D eigenvalue weighted by Gasteiger charge is 2.32. The number of amides is 1. The zero-order chi connectivity index (χ0) is 21.1. The lowest BCUT2D eigenvalue weighted by atomic mass is 10.1. The summed E-state index contributed by atoms with van der Waals surface area (Å²) in [4.78, 5) is 20.0. The Morgan fingerprint density at radius 1 is 1.14 bits per heavy atom. The van der Waals surface area contributed by atoms with Crippen LogP contribution in [0.2, 0.25) is 5.02 Å². The highest BCUT2D eigenvalue weighted by atomic mass is 35.5. The maximum Gasteiger partial charge on any atom is 0.266 e. The van der Waals surface area contributed by atoms with Gasteiger partial charge in [-0.15, -0.1) is 0 Å². The predicted octanol–water partition coefficient (Wildman–Crippen LogP) is 5.60. The Balaban J connectivity index is 2.03. The Kier molecular flexibility index (Phi) is 6.55. The molecule has 1 aliphatic heterocycles. The second-order valence-corrected chi connectivity index (χ2v) is 7.94. The molecule has 0 unspecified atom stereocenters. The summed E-state index contributed by atoms with van der Waals surface area (Å²) in [6.45, 7) is 6.51. The number of para-hydroxylation sites is 1. The van der Waals surface area contributed by atoms with Crippen LogP contribution in [0.25, 0.3) is 6.08 Å². The normalized spacial score (nSPS) is 16.8. The number of benzene rings is 2. The Morgan fingerprint density at radius 2 is 1.76 bits per heavy atom. The number of aliphatic imine (C=N–C) groups is 1. The van der Waals surface area contributed by atoms with Crippen LogP contribution in [-0.2, 0) is 4.79 Å². The third-order valence-corrected chi connectivity index (χ3v) is 5.97. The molecule has 3 rings (SSSR count). The first-order valence-electron chi connectivity index (χ1n) is 9.17. The predicted molar refractivity (Wildman–Crippen MR) is 121 cm³/mol. The van der Waals surface area contributed by atoms with Crippen molar-refractivity contribution >= 4 is 46.2 Å². The lowest BCUT2D eigenvalue weighted by Gasteiger charge is -2.13. The summed E-state index contributed by atoms with van der Waals surface area (Å²) >= 11 is 7.74. The van der Waals surface area contributed by atoms with E-state index in [-0.39, 0.29) is 5.91 Å². The molecule has 0 aromatic heterocycles. The summed E-state index contributed by atoms with van der Waals surface area (Å²) in [7, 11) is 3.12. The van der Waals surface area contributed by atoms with E-state index in [2.05, 4.69) is 0 Å². The monoisotopic (exact) mass is 430 g/mol. The van der Waals surface area contributed by atoms with E-state index >= 15 is 0 Å². The summed E-state index contributed by atoms with van der Waals surface area (Å²) in [6.07, 6.45) is 1.77. The SMILES string of the molecule is CCN1C(=O)/C(=C\c2cc(OC)c(OC)cc2Cl)SC1=Nc1c(C)cccc1C. The second kappa shape index (κ2) is 8.93. The molecule has 5 nitrogen and oxygen atoms in total. The second-order valence-electron chi connectivity index (χ2n) is 6.52. The van der Waals surface area contributed by atoms with Crippen molar-refractivity contribution in [2.24, 2.45) is 4.99 Å². The summed E-state index contributed by atoms with van der Waals surface area (Å²) in [5.74, 6) is 1.00. The van der Waals surface area contributed by atoms with Gasteiger partial charge >= 0.3 is 0 Å². The maximum atomic E-state index is 13.0. The van der Waals surface area contributed by atoms with Crippen LogP contribution in [0, 0.1) is 13.8 Å². The number of thioether (sulfide) groups is 1. The molecule has 152 valence electrons. The van der Waals surface area contributed by atoms with Gasteiger partial charge in [0, 0.05) is 12.6 Å². The Hall–Kier alpha value is -2.44. The first-order chi connectivity index (χ1) is 13.9. The van der Waals surface area contributed by atoms with Gasteiger partial charge in [0.1, 0.15) is 0 Å². The molecule has 1 aliphatic rings. The fourth-order valence-corrected chi connectivity index (χ4v) is 4.32. The molecule has 0 N–H and O–H groups in total. The number of rotatable bonds is 5. The number of hydrogen-bond acceptors (Lipinski definition) is 5. The van der Waals surface area contributed by atoms with E-state index < -0.39 is 0 Å². The number of aryl methyl sites for hydroxylation is 2. The number of likely N-dealkylation sites (N-methyl/N-ethyl adjacent to an activating group) is 1. The third-order valence-electron chi connectivity index (χ3n) is 4.64. The molecular formula is C22H23ClN2O3S. The first kappa shape index (κ1) is 21.3. The minimum atomic E-state index is -0.0895. The van der Waals surface area contributed by atoms with Gasteiger partial charge in [0.25, 0.3) is 5.91 Å². The molecule has 2 aromatic rings. The molecule has 1 heterocycles. The summed E-state index contributed by atoms with van der Waals surface area (Å²) in [6, 6.07) is 9.48. The van der Waals surface area contributed by atoms with E-state index in [1.807, 2.05) is 39.0 Å². The summed E-state index contributed by atoms with van der Waals surface area (Å²) < 4.78 is 10.6. The number of halogens is 1. The zero-order valence-corrected chi connectivity index (χ0v) is 18.6. The van der Waals surface area contributed by atoms with Crippen molar-refractivity contribution in [3.63, 3.8) is 0 Å². The number of carbonyl (C=O) groups excluding carboxylic acids is 1. The highest BCUT2D eigenvalue weighted by molar-refractivity contribution is 8.18. The molecule has 0 aliphatic carbocycles. The Morgan fingerprint density at radius 3 is 2.34 bits per heavy atom. The number of nitrogens with zero attached hydrogens (tertiary/aromatic N) is 2. The van der Waals surface area contributed by atoms with Gasteiger partial charge in [0.2, 0.25) is 0 Å². The van der Waals surface area contributed by atoms with Crippen molar-refractivity contribution in [2.75, 3.05) is 20.8 Å². The largest absolute Gasteiger partial charge is 0.493 e. The minimum Gasteiger partial charge on any atom is -0.493 e. The van der Waals surface area contributed by atoms with Crippen LogP contribution in [0.1, 0.15) is 23.6 Å². The van der Waals surface area contributed by atoms with Crippen molar-refractivity contribution in [1.82, 2.24) is 4.90 Å². The molecule has 0 spiro atoms. The van der Waals surface area contributed by atoms with Gasteiger partial charge in [0.05, 0.1) is 29.8 Å². The van der Waals surface area contributed by atoms with Gasteiger partial charge in [-0.1, -0.05) is 29.8 Å². The quantitative estimate of drug-likeness (QED) is 0.579. The maximum absolute atomic E-state index is 13.0. The van der Waals surface area contributed by atoms with E-state index in [0.29, 0.717) is 38.7 Å². The smallest absolute Gasteiger partial charge is 0.266 e. The molecule has 1 fully saturated rings. The average Bonchev–Trinajstić information content (AvgIpc) is 3.00. The van der Waals surface area contributed by atoms with Crippen molar-refractivity contribution in [1.29, 1.82) is 0 Å². The van der Waals surface area contributed by atoms with Crippen molar-refractivity contribution in [3.05, 3.63) is 56.9 Å². The average molecular weight is 431 g/mol. The molecule has 1 amide bonds. The van der Waals surface area contributed by atoms with E-state index in [4.69, 9.17) is 26.1 Å².